The zero-order chi connectivity index (χ0) is 13.0. The maximum absolute atomic E-state index is 12.8. The number of carbonyl (C=O) groups is 2. The van der Waals surface area contributed by atoms with Gasteiger partial charge in [0, 0.05) is 4.47 Å². The van der Waals surface area contributed by atoms with Gasteiger partial charge in [-0.25, -0.2) is 9.18 Å². The van der Waals surface area contributed by atoms with Crippen molar-refractivity contribution in [1.29, 1.82) is 0 Å². The van der Waals surface area contributed by atoms with Crippen molar-refractivity contribution in [3.05, 3.63) is 28.5 Å². The number of carboxylic acids is 1. The van der Waals surface area contributed by atoms with Crippen LogP contribution in [0, 0.1) is 5.82 Å². The molecule has 0 heterocycles. The van der Waals surface area contributed by atoms with E-state index >= 15 is 0 Å². The molecule has 0 spiro atoms. The Hall–Kier alpha value is -1.63. The minimum atomic E-state index is -1.14. The Labute approximate surface area is 105 Å². The summed E-state index contributed by atoms with van der Waals surface area (Å²) in [6.07, 6.45) is 0. The molecule has 0 unspecified atom stereocenters. The third-order valence-electron chi connectivity index (χ3n) is 1.90. The van der Waals surface area contributed by atoms with Crippen LogP contribution in [0.2, 0.25) is 0 Å². The highest BCUT2D eigenvalue weighted by atomic mass is 79.9. The van der Waals surface area contributed by atoms with Gasteiger partial charge in [0.05, 0.1) is 5.69 Å². The van der Waals surface area contributed by atoms with Crippen LogP contribution in [0.3, 0.4) is 0 Å². The summed E-state index contributed by atoms with van der Waals surface area (Å²) in [7, 11) is 0. The largest absolute Gasteiger partial charge is 0.480 e. The third-order valence-corrected chi connectivity index (χ3v) is 2.55. The summed E-state index contributed by atoms with van der Waals surface area (Å²) < 4.78 is 13.1. The van der Waals surface area contributed by atoms with Gasteiger partial charge in [-0.3, -0.25) is 4.79 Å². The highest BCUT2D eigenvalue weighted by molar-refractivity contribution is 9.10. The van der Waals surface area contributed by atoms with Gasteiger partial charge in [0.15, 0.2) is 0 Å². The standard InChI is InChI=1S/C10H10BrFN2O3/c1-5(9(15)16)13-10(17)14-8-3-2-6(12)4-7(8)11/h2-5H,1H3,(H,15,16)(H2,13,14,17)/t5-/m0/s1. The first-order valence-electron chi connectivity index (χ1n) is 4.65. The van der Waals surface area contributed by atoms with Crippen LogP contribution in [-0.4, -0.2) is 23.1 Å². The van der Waals surface area contributed by atoms with E-state index in [9.17, 15) is 14.0 Å². The quantitative estimate of drug-likeness (QED) is 0.801. The number of carbonyl (C=O) groups excluding carboxylic acids is 1. The molecule has 5 nitrogen and oxygen atoms in total. The maximum Gasteiger partial charge on any atom is 0.325 e. The lowest BCUT2D eigenvalue weighted by Crippen LogP contribution is -2.40. The molecular weight excluding hydrogens is 295 g/mol. The Morgan fingerprint density at radius 2 is 2.12 bits per heavy atom. The summed E-state index contributed by atoms with van der Waals surface area (Å²) in [4.78, 5) is 21.9. The molecule has 0 radical (unpaired) electrons. The molecule has 0 saturated heterocycles. The molecule has 0 aliphatic carbocycles. The van der Waals surface area contributed by atoms with Crippen molar-refractivity contribution in [1.82, 2.24) is 5.32 Å². The van der Waals surface area contributed by atoms with E-state index in [0.29, 0.717) is 10.2 Å². The van der Waals surface area contributed by atoms with Crippen LogP contribution in [0.25, 0.3) is 0 Å². The number of urea groups is 1. The second kappa shape index (κ2) is 5.62. The number of anilines is 1. The molecule has 7 heteroatoms. The highest BCUT2D eigenvalue weighted by Crippen LogP contribution is 2.22. The average molecular weight is 305 g/mol. The van der Waals surface area contributed by atoms with Crippen LogP contribution in [0.15, 0.2) is 22.7 Å². The molecule has 92 valence electrons. The van der Waals surface area contributed by atoms with Gasteiger partial charge in [-0.05, 0) is 41.1 Å². The molecule has 0 aliphatic heterocycles. The fourth-order valence-electron chi connectivity index (χ4n) is 1.01. The number of amides is 2. The van der Waals surface area contributed by atoms with Gasteiger partial charge < -0.3 is 15.7 Å². The number of benzene rings is 1. The maximum atomic E-state index is 12.8. The zero-order valence-corrected chi connectivity index (χ0v) is 10.4. The van der Waals surface area contributed by atoms with E-state index in [1.807, 2.05) is 0 Å². The lowest BCUT2D eigenvalue weighted by atomic mass is 10.3. The van der Waals surface area contributed by atoms with E-state index in [1.54, 1.807) is 0 Å². The second-order valence-corrected chi connectivity index (χ2v) is 4.14. The van der Waals surface area contributed by atoms with Crippen molar-refractivity contribution in [2.24, 2.45) is 0 Å². The molecule has 1 aromatic rings. The lowest BCUT2D eigenvalue weighted by Gasteiger charge is -2.11. The van der Waals surface area contributed by atoms with Gasteiger partial charge >= 0.3 is 12.0 Å². The molecule has 17 heavy (non-hydrogen) atoms. The summed E-state index contributed by atoms with van der Waals surface area (Å²) in [5.74, 6) is -1.58. The minimum absolute atomic E-state index is 0.349. The number of aliphatic carboxylic acids is 1. The first kappa shape index (κ1) is 13.4. The monoisotopic (exact) mass is 304 g/mol. The first-order chi connectivity index (χ1) is 7.90. The van der Waals surface area contributed by atoms with Gasteiger partial charge in [0.25, 0.3) is 0 Å². The number of rotatable bonds is 3. The predicted octanol–water partition coefficient (Wildman–Crippen LogP) is 2.18. The molecule has 0 aliphatic rings. The van der Waals surface area contributed by atoms with Gasteiger partial charge in [-0.2, -0.15) is 0 Å². The molecule has 2 amide bonds. The minimum Gasteiger partial charge on any atom is -0.480 e. The Morgan fingerprint density at radius 3 is 2.65 bits per heavy atom. The van der Waals surface area contributed by atoms with Crippen LogP contribution in [0.1, 0.15) is 6.92 Å². The van der Waals surface area contributed by atoms with Crippen molar-refractivity contribution in [3.63, 3.8) is 0 Å². The molecule has 1 atom stereocenters. The van der Waals surface area contributed by atoms with Crippen molar-refractivity contribution in [3.8, 4) is 0 Å². The number of halogens is 2. The molecule has 0 aromatic heterocycles. The third kappa shape index (κ3) is 4.03. The van der Waals surface area contributed by atoms with Gasteiger partial charge in [-0.1, -0.05) is 0 Å². The molecule has 0 bridgehead atoms. The normalized spacial score (nSPS) is 11.7. The van der Waals surface area contributed by atoms with E-state index in [1.165, 1.54) is 25.1 Å². The first-order valence-corrected chi connectivity index (χ1v) is 5.45. The highest BCUT2D eigenvalue weighted by Gasteiger charge is 2.14. The Morgan fingerprint density at radius 1 is 1.47 bits per heavy atom. The summed E-state index contributed by atoms with van der Waals surface area (Å²) >= 11 is 3.07. The molecule has 1 rings (SSSR count). The molecule has 1 aromatic carbocycles. The smallest absolute Gasteiger partial charge is 0.325 e. The second-order valence-electron chi connectivity index (χ2n) is 3.28. The molecule has 0 saturated carbocycles. The Balaban J connectivity index is 2.65. The fourth-order valence-corrected chi connectivity index (χ4v) is 1.46. The van der Waals surface area contributed by atoms with Crippen molar-refractivity contribution in [2.45, 2.75) is 13.0 Å². The summed E-state index contributed by atoms with van der Waals surface area (Å²) in [5.41, 5.74) is 0.349. The molecule has 3 N–H and O–H groups in total. The van der Waals surface area contributed by atoms with Gasteiger partial charge in [0.1, 0.15) is 11.9 Å². The number of hydrogen-bond acceptors (Lipinski definition) is 2. The molecule has 0 fully saturated rings. The lowest BCUT2D eigenvalue weighted by molar-refractivity contribution is -0.138. The van der Waals surface area contributed by atoms with E-state index < -0.39 is 23.9 Å². The van der Waals surface area contributed by atoms with Crippen LogP contribution in [0.4, 0.5) is 14.9 Å². The summed E-state index contributed by atoms with van der Waals surface area (Å²) in [5, 5.41) is 13.2. The van der Waals surface area contributed by atoms with Crippen LogP contribution >= 0.6 is 15.9 Å². The number of hydrogen-bond donors (Lipinski definition) is 3. The van der Waals surface area contributed by atoms with E-state index in [-0.39, 0.29) is 0 Å². The summed E-state index contributed by atoms with van der Waals surface area (Å²) in [6.45, 7) is 1.33. The topological polar surface area (TPSA) is 78.4 Å². The Bertz CT molecular complexity index is 453. The van der Waals surface area contributed by atoms with E-state index in [2.05, 4.69) is 26.6 Å². The SMILES string of the molecule is C[C@H](NC(=O)Nc1ccc(F)cc1Br)C(=O)O. The average Bonchev–Trinajstić information content (AvgIpc) is 2.22. The number of carboxylic acid groups (broad SMARTS) is 1. The van der Waals surface area contributed by atoms with Gasteiger partial charge in [-0.15, -0.1) is 0 Å². The van der Waals surface area contributed by atoms with Crippen molar-refractivity contribution >= 4 is 33.6 Å². The predicted molar refractivity (Wildman–Crippen MR) is 63.4 cm³/mol. The molecular formula is C10H10BrFN2O3. The van der Waals surface area contributed by atoms with Crippen LogP contribution in [0.5, 0.6) is 0 Å². The van der Waals surface area contributed by atoms with Crippen LogP contribution in [-0.2, 0) is 4.79 Å². The number of nitrogens with one attached hydrogen (secondary N) is 2. The Kier molecular flexibility index (Phi) is 4.45. The summed E-state index contributed by atoms with van der Waals surface area (Å²) in [6, 6.07) is 2.06. The fraction of sp³-hybridized carbons (Fsp3) is 0.200. The zero-order valence-electron chi connectivity index (χ0n) is 8.83. The van der Waals surface area contributed by atoms with Crippen LogP contribution < -0.4 is 10.6 Å². The van der Waals surface area contributed by atoms with E-state index in [4.69, 9.17) is 5.11 Å². The van der Waals surface area contributed by atoms with Crippen molar-refractivity contribution < 1.29 is 19.1 Å². The van der Waals surface area contributed by atoms with E-state index in [0.717, 1.165) is 0 Å². The van der Waals surface area contributed by atoms with Crippen molar-refractivity contribution in [2.75, 3.05) is 5.32 Å². The van der Waals surface area contributed by atoms with Gasteiger partial charge in [0.2, 0.25) is 0 Å².